The average Bonchev–Trinajstić information content (AvgIpc) is 4.09. The summed E-state index contributed by atoms with van der Waals surface area (Å²) < 4.78 is 0. The molecule has 3 aliphatic rings. The lowest BCUT2D eigenvalue weighted by Crippen LogP contribution is -2.29. The quantitative estimate of drug-likeness (QED) is 0.150. The number of para-hydroxylation sites is 3. The van der Waals surface area contributed by atoms with Gasteiger partial charge in [0.1, 0.15) is 0 Å². The standard InChI is InChI=1S/C72H48N2/c1-6-26-50(27-7-1)71(51-28-8-2-9-29-51)62-41-22-20-39-60(62)69-64(71)43-24-44-66(69)74(54-34-14-5-15-35-54)67-47-49-25-16-17-36-56(49)68-59-38-19-23-42-63(59)72(70(67)68)61-40-21-18-37-57(61)58-46-45-55(48-65(58)72)73(52-30-10-3-11-31-52)53-32-12-4-13-33-53/h1-48H. The predicted molar refractivity (Wildman–Crippen MR) is 307 cm³/mol. The first-order valence-electron chi connectivity index (χ1n) is 25.8. The Morgan fingerprint density at radius 3 is 1.30 bits per heavy atom. The number of rotatable bonds is 8. The molecule has 0 fully saturated rings. The molecule has 0 bridgehead atoms. The van der Waals surface area contributed by atoms with Gasteiger partial charge in [0, 0.05) is 33.9 Å². The van der Waals surface area contributed by atoms with E-state index in [0.29, 0.717) is 0 Å². The van der Waals surface area contributed by atoms with Gasteiger partial charge in [-0.05, 0) is 138 Å². The van der Waals surface area contributed by atoms with Crippen LogP contribution < -0.4 is 9.80 Å². The van der Waals surface area contributed by atoms with Crippen LogP contribution in [0.3, 0.4) is 0 Å². The van der Waals surface area contributed by atoms with Gasteiger partial charge in [-0.1, -0.05) is 231 Å². The molecule has 0 aliphatic heterocycles. The van der Waals surface area contributed by atoms with Gasteiger partial charge in [-0.2, -0.15) is 0 Å². The highest BCUT2D eigenvalue weighted by atomic mass is 15.2. The van der Waals surface area contributed by atoms with Crippen molar-refractivity contribution in [3.05, 3.63) is 336 Å². The van der Waals surface area contributed by atoms with Crippen molar-refractivity contribution in [1.82, 2.24) is 0 Å². The molecule has 2 heteroatoms. The number of hydrogen-bond acceptors (Lipinski definition) is 2. The second-order valence-corrected chi connectivity index (χ2v) is 19.8. The lowest BCUT2D eigenvalue weighted by Gasteiger charge is -2.37. The monoisotopic (exact) mass is 940 g/mol. The van der Waals surface area contributed by atoms with Gasteiger partial charge in [-0.15, -0.1) is 0 Å². The number of benzene rings is 12. The minimum Gasteiger partial charge on any atom is -0.310 e. The Bertz CT molecular complexity index is 4050. The Labute approximate surface area is 432 Å². The molecule has 0 amide bonds. The van der Waals surface area contributed by atoms with Crippen LogP contribution in [0.15, 0.2) is 291 Å². The summed E-state index contributed by atoms with van der Waals surface area (Å²) in [5.41, 5.74) is 23.2. The molecule has 3 aliphatic carbocycles. The van der Waals surface area contributed by atoms with Gasteiger partial charge in [0.15, 0.2) is 0 Å². The van der Waals surface area contributed by atoms with Crippen molar-refractivity contribution in [2.24, 2.45) is 0 Å². The maximum atomic E-state index is 2.62. The first-order chi connectivity index (χ1) is 36.8. The largest absolute Gasteiger partial charge is 0.310 e. The van der Waals surface area contributed by atoms with Crippen LogP contribution in [-0.4, -0.2) is 0 Å². The van der Waals surface area contributed by atoms with E-state index in [0.717, 1.165) is 34.1 Å². The number of fused-ring (bicyclic) bond motifs is 15. The highest BCUT2D eigenvalue weighted by Crippen LogP contribution is 2.68. The van der Waals surface area contributed by atoms with Crippen molar-refractivity contribution in [1.29, 1.82) is 0 Å². The molecule has 1 unspecified atom stereocenters. The van der Waals surface area contributed by atoms with E-state index in [1.54, 1.807) is 0 Å². The summed E-state index contributed by atoms with van der Waals surface area (Å²) in [6.45, 7) is 0. The molecular weight excluding hydrogens is 893 g/mol. The van der Waals surface area contributed by atoms with E-state index in [2.05, 4.69) is 301 Å². The minimum absolute atomic E-state index is 0.571. The lowest BCUT2D eigenvalue weighted by molar-refractivity contribution is 0.768. The van der Waals surface area contributed by atoms with Crippen molar-refractivity contribution >= 4 is 44.9 Å². The van der Waals surface area contributed by atoms with Crippen LogP contribution in [0.1, 0.15) is 44.5 Å². The summed E-state index contributed by atoms with van der Waals surface area (Å²) in [4.78, 5) is 5.03. The first-order valence-corrected chi connectivity index (χ1v) is 25.8. The lowest BCUT2D eigenvalue weighted by atomic mass is 9.67. The van der Waals surface area contributed by atoms with E-state index in [9.17, 15) is 0 Å². The fraction of sp³-hybridized carbons (Fsp3) is 0.0278. The molecule has 0 saturated heterocycles. The molecule has 346 valence electrons. The Hall–Kier alpha value is -9.50. The molecule has 0 radical (unpaired) electrons. The molecule has 12 aromatic rings. The van der Waals surface area contributed by atoms with Crippen LogP contribution >= 0.6 is 0 Å². The summed E-state index contributed by atoms with van der Waals surface area (Å²) in [6.07, 6.45) is 0. The number of hydrogen-bond donors (Lipinski definition) is 0. The fourth-order valence-electron chi connectivity index (χ4n) is 13.5. The van der Waals surface area contributed by atoms with Crippen LogP contribution in [0.25, 0.3) is 44.2 Å². The SMILES string of the molecule is c1ccc(N(c2ccccc2)c2ccc3c(c2)C2(c4ccccc4-3)c3ccccc3-c3c2c(N(c2ccccc2)c2cccc4c2-c2ccccc2C4(c2ccccc2)c2ccccc2)cc2ccccc32)cc1. The topological polar surface area (TPSA) is 6.48 Å². The molecule has 2 nitrogen and oxygen atoms in total. The van der Waals surface area contributed by atoms with Crippen molar-refractivity contribution in [3.63, 3.8) is 0 Å². The van der Waals surface area contributed by atoms with Crippen molar-refractivity contribution < 1.29 is 0 Å². The summed E-state index contributed by atoms with van der Waals surface area (Å²) in [6, 6.07) is 109. The van der Waals surface area contributed by atoms with Gasteiger partial charge in [-0.3, -0.25) is 0 Å². The highest BCUT2D eigenvalue weighted by Gasteiger charge is 2.55. The molecule has 1 atom stereocenters. The molecule has 0 saturated carbocycles. The third-order valence-electron chi connectivity index (χ3n) is 16.3. The Balaban J connectivity index is 1.08. The van der Waals surface area contributed by atoms with Crippen LogP contribution in [0, 0.1) is 0 Å². The molecular formula is C72H48N2. The van der Waals surface area contributed by atoms with Crippen LogP contribution in [0.2, 0.25) is 0 Å². The molecule has 0 aromatic heterocycles. The highest BCUT2D eigenvalue weighted by molar-refractivity contribution is 6.12. The maximum absolute atomic E-state index is 2.62. The van der Waals surface area contributed by atoms with E-state index < -0.39 is 10.8 Å². The zero-order valence-electron chi connectivity index (χ0n) is 40.6. The normalized spacial score (nSPS) is 14.9. The summed E-state index contributed by atoms with van der Waals surface area (Å²) in [7, 11) is 0. The molecule has 15 rings (SSSR count). The second-order valence-electron chi connectivity index (χ2n) is 19.8. The molecule has 0 heterocycles. The molecule has 1 spiro atoms. The Morgan fingerprint density at radius 1 is 0.243 bits per heavy atom. The van der Waals surface area contributed by atoms with E-state index in [-0.39, 0.29) is 0 Å². The van der Waals surface area contributed by atoms with Gasteiger partial charge in [0.2, 0.25) is 0 Å². The van der Waals surface area contributed by atoms with Gasteiger partial charge in [-0.25, -0.2) is 0 Å². The number of nitrogens with zero attached hydrogens (tertiary/aromatic N) is 2. The Morgan fingerprint density at radius 2 is 0.689 bits per heavy atom. The van der Waals surface area contributed by atoms with Crippen LogP contribution in [0.4, 0.5) is 34.1 Å². The second kappa shape index (κ2) is 16.5. The predicted octanol–water partition coefficient (Wildman–Crippen LogP) is 18.5. The van der Waals surface area contributed by atoms with Gasteiger partial charge in [0.05, 0.1) is 22.2 Å². The summed E-state index contributed by atoms with van der Waals surface area (Å²) in [5, 5.41) is 2.45. The smallest absolute Gasteiger partial charge is 0.0747 e. The minimum atomic E-state index is -0.715. The van der Waals surface area contributed by atoms with Crippen LogP contribution in [0.5, 0.6) is 0 Å². The molecule has 12 aromatic carbocycles. The molecule has 0 N–H and O–H groups in total. The van der Waals surface area contributed by atoms with E-state index in [4.69, 9.17) is 0 Å². The van der Waals surface area contributed by atoms with Crippen molar-refractivity contribution in [2.75, 3.05) is 9.80 Å². The Kier molecular flexibility index (Phi) is 9.43. The summed E-state index contributed by atoms with van der Waals surface area (Å²) >= 11 is 0. The van der Waals surface area contributed by atoms with E-state index >= 15 is 0 Å². The third kappa shape index (κ3) is 5.82. The van der Waals surface area contributed by atoms with Gasteiger partial charge < -0.3 is 9.80 Å². The van der Waals surface area contributed by atoms with Crippen molar-refractivity contribution in [3.8, 4) is 33.4 Å². The van der Waals surface area contributed by atoms with E-state index in [1.165, 1.54) is 88.7 Å². The zero-order valence-corrected chi connectivity index (χ0v) is 40.6. The average molecular weight is 941 g/mol. The number of anilines is 6. The maximum Gasteiger partial charge on any atom is 0.0747 e. The van der Waals surface area contributed by atoms with Crippen molar-refractivity contribution in [2.45, 2.75) is 10.8 Å². The van der Waals surface area contributed by atoms with Gasteiger partial charge >= 0.3 is 0 Å². The third-order valence-corrected chi connectivity index (χ3v) is 16.3. The first kappa shape index (κ1) is 42.2. The fourth-order valence-corrected chi connectivity index (χ4v) is 13.5. The summed E-state index contributed by atoms with van der Waals surface area (Å²) in [5.74, 6) is 0. The van der Waals surface area contributed by atoms with Crippen LogP contribution in [-0.2, 0) is 10.8 Å². The zero-order chi connectivity index (χ0) is 48.8. The molecule has 74 heavy (non-hydrogen) atoms. The van der Waals surface area contributed by atoms with E-state index in [1.807, 2.05) is 0 Å². The van der Waals surface area contributed by atoms with Gasteiger partial charge in [0.25, 0.3) is 0 Å².